The number of nitrogens with zero attached hydrogens (tertiary/aromatic N) is 1. The molecule has 4 rings (SSSR count). The molecule has 1 heterocycles. The molecule has 0 aliphatic carbocycles. The molecular formula is C28H26N2O5. The van der Waals surface area contributed by atoms with Crippen LogP contribution in [-0.2, 0) is 9.53 Å². The normalized spacial score (nSPS) is 10.6. The van der Waals surface area contributed by atoms with Gasteiger partial charge in [0, 0.05) is 17.0 Å². The van der Waals surface area contributed by atoms with Gasteiger partial charge >= 0.3 is 5.97 Å². The second-order valence-electron chi connectivity index (χ2n) is 8.03. The number of aryl methyl sites for hydroxylation is 1. The lowest BCUT2D eigenvalue weighted by atomic mass is 9.97. The van der Waals surface area contributed by atoms with Gasteiger partial charge in [0.05, 0.1) is 36.7 Å². The highest BCUT2D eigenvalue weighted by Gasteiger charge is 2.21. The number of rotatable bonds is 7. The van der Waals surface area contributed by atoms with Crippen LogP contribution in [0.4, 0.5) is 5.69 Å². The van der Waals surface area contributed by atoms with Crippen molar-refractivity contribution in [2.45, 2.75) is 13.8 Å². The van der Waals surface area contributed by atoms with E-state index in [2.05, 4.69) is 5.32 Å². The van der Waals surface area contributed by atoms with E-state index in [1.54, 1.807) is 18.2 Å². The van der Waals surface area contributed by atoms with Crippen LogP contribution in [0.2, 0.25) is 0 Å². The Morgan fingerprint density at radius 2 is 1.66 bits per heavy atom. The number of aromatic nitrogens is 1. The molecule has 0 bridgehead atoms. The molecule has 1 amide bonds. The Morgan fingerprint density at radius 3 is 2.37 bits per heavy atom. The zero-order chi connectivity index (χ0) is 24.9. The Bertz CT molecular complexity index is 1400. The smallest absolute Gasteiger partial charge is 0.339 e. The standard InChI is InChI=1S/C28H26N2O5/c1-17-9-11-19(12-10-17)27-18(2)26(21-7-5-6-8-22(21)30-27)28(32)35-16-25(31)29-23-15-20(33-3)13-14-24(23)34-4/h5-15H,16H2,1-4H3,(H,29,31). The minimum Gasteiger partial charge on any atom is -0.497 e. The summed E-state index contributed by atoms with van der Waals surface area (Å²) in [7, 11) is 3.03. The minimum absolute atomic E-state index is 0.387. The molecule has 0 aliphatic heterocycles. The van der Waals surface area contributed by atoms with E-state index in [0.29, 0.717) is 44.9 Å². The molecule has 0 saturated heterocycles. The van der Waals surface area contributed by atoms with Crippen LogP contribution in [0.1, 0.15) is 21.5 Å². The monoisotopic (exact) mass is 470 g/mol. The summed E-state index contributed by atoms with van der Waals surface area (Å²) in [4.78, 5) is 30.6. The van der Waals surface area contributed by atoms with Crippen LogP contribution in [0.3, 0.4) is 0 Å². The van der Waals surface area contributed by atoms with Gasteiger partial charge in [0.2, 0.25) is 0 Å². The fourth-order valence-electron chi connectivity index (χ4n) is 3.86. The van der Waals surface area contributed by atoms with Gasteiger partial charge < -0.3 is 19.5 Å². The lowest BCUT2D eigenvalue weighted by Gasteiger charge is -2.15. The van der Waals surface area contributed by atoms with Crippen molar-refractivity contribution in [3.63, 3.8) is 0 Å². The van der Waals surface area contributed by atoms with Crippen molar-refractivity contribution in [1.82, 2.24) is 4.98 Å². The second-order valence-corrected chi connectivity index (χ2v) is 8.03. The van der Waals surface area contributed by atoms with Gasteiger partial charge in [-0.25, -0.2) is 9.78 Å². The van der Waals surface area contributed by atoms with Crippen LogP contribution in [0, 0.1) is 13.8 Å². The van der Waals surface area contributed by atoms with Crippen LogP contribution in [0.25, 0.3) is 22.2 Å². The van der Waals surface area contributed by atoms with Crippen molar-refractivity contribution < 1.29 is 23.8 Å². The number of hydrogen-bond acceptors (Lipinski definition) is 6. The molecule has 0 saturated carbocycles. The van der Waals surface area contributed by atoms with Gasteiger partial charge in [-0.2, -0.15) is 0 Å². The first-order valence-electron chi connectivity index (χ1n) is 11.1. The van der Waals surface area contributed by atoms with Crippen molar-refractivity contribution in [3.05, 3.63) is 83.4 Å². The predicted molar refractivity (Wildman–Crippen MR) is 135 cm³/mol. The summed E-state index contributed by atoms with van der Waals surface area (Å²) < 4.78 is 15.9. The summed E-state index contributed by atoms with van der Waals surface area (Å²) in [5.41, 5.74) is 4.89. The lowest BCUT2D eigenvalue weighted by molar-refractivity contribution is -0.119. The molecular weight excluding hydrogens is 444 g/mol. The molecule has 0 atom stereocenters. The number of methoxy groups -OCH3 is 2. The minimum atomic E-state index is -0.595. The number of benzene rings is 3. The third kappa shape index (κ3) is 5.09. The Kier molecular flexibility index (Phi) is 6.96. The number of hydrogen-bond donors (Lipinski definition) is 1. The fraction of sp³-hybridized carbons (Fsp3) is 0.179. The van der Waals surface area contributed by atoms with Crippen LogP contribution in [0.15, 0.2) is 66.7 Å². The number of anilines is 1. The summed E-state index contributed by atoms with van der Waals surface area (Å²) in [5, 5.41) is 3.37. The zero-order valence-electron chi connectivity index (χ0n) is 20.0. The topological polar surface area (TPSA) is 86.8 Å². The van der Waals surface area contributed by atoms with Gasteiger partial charge in [-0.05, 0) is 37.6 Å². The Morgan fingerprint density at radius 1 is 0.914 bits per heavy atom. The molecule has 0 radical (unpaired) electrons. The summed E-state index contributed by atoms with van der Waals surface area (Å²) >= 11 is 0. The molecule has 1 N–H and O–H groups in total. The SMILES string of the molecule is COc1ccc(OC)c(NC(=O)COC(=O)c2c(C)c(-c3ccc(C)cc3)nc3ccccc23)c1. The average molecular weight is 471 g/mol. The quantitative estimate of drug-likeness (QED) is 0.367. The van der Waals surface area contributed by atoms with Crippen LogP contribution < -0.4 is 14.8 Å². The summed E-state index contributed by atoms with van der Waals surface area (Å²) in [6.07, 6.45) is 0. The molecule has 7 nitrogen and oxygen atoms in total. The first-order valence-corrected chi connectivity index (χ1v) is 11.1. The molecule has 0 fully saturated rings. The molecule has 1 aromatic heterocycles. The molecule has 4 aromatic rings. The Hall–Kier alpha value is -4.39. The van der Waals surface area contributed by atoms with Crippen LogP contribution in [0.5, 0.6) is 11.5 Å². The van der Waals surface area contributed by atoms with E-state index in [0.717, 1.165) is 11.1 Å². The van der Waals surface area contributed by atoms with E-state index in [1.807, 2.05) is 62.4 Å². The molecule has 35 heavy (non-hydrogen) atoms. The second kappa shape index (κ2) is 10.3. The maximum atomic E-state index is 13.2. The van der Waals surface area contributed by atoms with Crippen molar-refractivity contribution in [2.24, 2.45) is 0 Å². The number of para-hydroxylation sites is 1. The summed E-state index contributed by atoms with van der Waals surface area (Å²) in [6, 6.07) is 20.4. The largest absolute Gasteiger partial charge is 0.497 e. The highest BCUT2D eigenvalue weighted by atomic mass is 16.5. The average Bonchev–Trinajstić information content (AvgIpc) is 2.87. The Balaban J connectivity index is 1.60. The van der Waals surface area contributed by atoms with E-state index in [9.17, 15) is 9.59 Å². The van der Waals surface area contributed by atoms with Crippen molar-refractivity contribution >= 4 is 28.5 Å². The molecule has 0 unspecified atom stereocenters. The van der Waals surface area contributed by atoms with Gasteiger partial charge in [0.1, 0.15) is 11.5 Å². The number of amides is 1. The fourth-order valence-corrected chi connectivity index (χ4v) is 3.86. The van der Waals surface area contributed by atoms with E-state index in [-0.39, 0.29) is 0 Å². The predicted octanol–water partition coefficient (Wildman–Crippen LogP) is 5.33. The molecule has 7 heteroatoms. The van der Waals surface area contributed by atoms with E-state index in [1.165, 1.54) is 14.2 Å². The third-order valence-electron chi connectivity index (χ3n) is 5.68. The number of carbonyl (C=O) groups is 2. The van der Waals surface area contributed by atoms with Gasteiger partial charge in [-0.15, -0.1) is 0 Å². The van der Waals surface area contributed by atoms with Crippen LogP contribution >= 0.6 is 0 Å². The van der Waals surface area contributed by atoms with E-state index >= 15 is 0 Å². The molecule has 0 aliphatic rings. The molecule has 0 spiro atoms. The van der Waals surface area contributed by atoms with Gasteiger partial charge in [0.25, 0.3) is 5.91 Å². The first kappa shape index (κ1) is 23.8. The Labute approximate surface area is 203 Å². The lowest BCUT2D eigenvalue weighted by Crippen LogP contribution is -2.22. The van der Waals surface area contributed by atoms with Gasteiger partial charge in [-0.3, -0.25) is 4.79 Å². The number of carbonyl (C=O) groups excluding carboxylic acids is 2. The first-order chi connectivity index (χ1) is 16.9. The number of fused-ring (bicyclic) bond motifs is 1. The maximum absolute atomic E-state index is 13.2. The number of esters is 1. The van der Waals surface area contributed by atoms with Gasteiger partial charge in [0.15, 0.2) is 6.61 Å². The number of ether oxygens (including phenoxy) is 3. The van der Waals surface area contributed by atoms with E-state index in [4.69, 9.17) is 19.2 Å². The van der Waals surface area contributed by atoms with E-state index < -0.39 is 18.5 Å². The molecule has 3 aromatic carbocycles. The third-order valence-corrected chi connectivity index (χ3v) is 5.68. The van der Waals surface area contributed by atoms with Crippen molar-refractivity contribution in [3.8, 4) is 22.8 Å². The van der Waals surface area contributed by atoms with Gasteiger partial charge in [-0.1, -0.05) is 48.0 Å². The number of pyridine rings is 1. The summed E-state index contributed by atoms with van der Waals surface area (Å²) in [5.74, 6) is -0.0771. The highest BCUT2D eigenvalue weighted by molar-refractivity contribution is 6.07. The summed E-state index contributed by atoms with van der Waals surface area (Å²) in [6.45, 7) is 3.39. The maximum Gasteiger partial charge on any atom is 0.339 e. The van der Waals surface area contributed by atoms with Crippen LogP contribution in [-0.4, -0.2) is 37.7 Å². The molecule has 178 valence electrons. The zero-order valence-corrected chi connectivity index (χ0v) is 20.0. The number of nitrogens with one attached hydrogen (secondary N) is 1. The highest BCUT2D eigenvalue weighted by Crippen LogP contribution is 2.31. The van der Waals surface area contributed by atoms with Crippen molar-refractivity contribution in [1.29, 1.82) is 0 Å². The van der Waals surface area contributed by atoms with Crippen molar-refractivity contribution in [2.75, 3.05) is 26.1 Å².